The van der Waals surface area contributed by atoms with E-state index in [4.69, 9.17) is 47.7 Å². The molecule has 0 aliphatic carbocycles. The summed E-state index contributed by atoms with van der Waals surface area (Å²) in [4.78, 5) is 0. The zero-order valence-corrected chi connectivity index (χ0v) is 45.2. The average Bonchev–Trinajstić information content (AvgIpc) is 3.76. The summed E-state index contributed by atoms with van der Waals surface area (Å²) >= 11 is 2.31. The Bertz CT molecular complexity index is 2190. The normalized spacial score (nSPS) is 14.1. The molecule has 5 rings (SSSR count). The molecule has 0 amide bonds. The minimum absolute atomic E-state index is 0.175. The second-order valence-corrected chi connectivity index (χ2v) is 36.6. The number of hydrogen-bond acceptors (Lipinski definition) is 11. The Kier molecular flexibility index (Phi) is 18.8. The summed E-state index contributed by atoms with van der Waals surface area (Å²) in [5, 5.41) is 11.5. The number of nitrogens with zero attached hydrogens (tertiary/aromatic N) is 4. The van der Waals surface area contributed by atoms with Gasteiger partial charge in [-0.25, -0.2) is 9.36 Å². The Morgan fingerprint density at radius 3 is 1.47 bits per heavy atom. The van der Waals surface area contributed by atoms with Gasteiger partial charge in [-0.1, -0.05) is 71.1 Å². The minimum Gasteiger partial charge on any atom is -0.496 e. The van der Waals surface area contributed by atoms with Crippen molar-refractivity contribution in [1.29, 1.82) is 0 Å². The zero-order chi connectivity index (χ0) is 46.2. The largest absolute Gasteiger partial charge is 0.496 e. The SMILES string of the molecule is COC(OC)c1nn(COC(C)[Si](C)(C)C)c2cc(I)ccc12.COc1cc(OCOC(C)[Si](C)(C)C)ccc1-c1ccc2c(C(OC)OC)nn(COC(C)[Si](C)(C)C)c2c1. The van der Waals surface area contributed by atoms with Gasteiger partial charge in [0.2, 0.25) is 12.6 Å². The van der Waals surface area contributed by atoms with Crippen molar-refractivity contribution in [3.05, 3.63) is 69.6 Å². The maximum atomic E-state index is 6.27. The molecule has 5 aromatic rings. The van der Waals surface area contributed by atoms with Crippen molar-refractivity contribution in [2.75, 3.05) is 42.3 Å². The molecule has 3 atom stereocenters. The van der Waals surface area contributed by atoms with E-state index in [-0.39, 0.29) is 24.0 Å². The molecule has 0 saturated heterocycles. The number of benzene rings is 3. The van der Waals surface area contributed by atoms with Gasteiger partial charge in [-0.15, -0.1) is 0 Å². The Labute approximate surface area is 386 Å². The van der Waals surface area contributed by atoms with Crippen molar-refractivity contribution < 1.29 is 42.6 Å². The second kappa shape index (κ2) is 22.5. The van der Waals surface area contributed by atoms with Gasteiger partial charge in [-0.3, -0.25) is 0 Å². The van der Waals surface area contributed by atoms with Crippen LogP contribution in [0.2, 0.25) is 58.9 Å². The highest BCUT2D eigenvalue weighted by molar-refractivity contribution is 14.1. The quantitative estimate of drug-likeness (QED) is 0.0397. The lowest BCUT2D eigenvalue weighted by molar-refractivity contribution is -0.108. The van der Waals surface area contributed by atoms with E-state index in [1.165, 1.54) is 0 Å². The predicted molar refractivity (Wildman–Crippen MR) is 265 cm³/mol. The van der Waals surface area contributed by atoms with Crippen molar-refractivity contribution in [2.45, 2.75) is 123 Å². The Morgan fingerprint density at radius 2 is 1.02 bits per heavy atom. The Hall–Kier alpha value is -2.70. The van der Waals surface area contributed by atoms with Crippen LogP contribution >= 0.6 is 22.6 Å². The van der Waals surface area contributed by atoms with Crippen molar-refractivity contribution in [3.63, 3.8) is 0 Å². The van der Waals surface area contributed by atoms with Gasteiger partial charge in [0.05, 0.1) is 42.4 Å². The number of hydrogen-bond donors (Lipinski definition) is 0. The lowest BCUT2D eigenvalue weighted by Gasteiger charge is -2.25. The van der Waals surface area contributed by atoms with Crippen molar-refractivity contribution in [3.8, 4) is 22.6 Å². The van der Waals surface area contributed by atoms with Crippen LogP contribution in [-0.4, -0.2) is 103 Å². The molecule has 0 radical (unpaired) electrons. The van der Waals surface area contributed by atoms with Crippen LogP contribution in [-0.2, 0) is 46.6 Å². The highest BCUT2D eigenvalue weighted by atomic mass is 127. The molecule has 344 valence electrons. The maximum absolute atomic E-state index is 6.27. The minimum atomic E-state index is -1.47. The first-order valence-electron chi connectivity index (χ1n) is 21.0. The van der Waals surface area contributed by atoms with Gasteiger partial charge >= 0.3 is 0 Å². The van der Waals surface area contributed by atoms with E-state index in [1.54, 1.807) is 35.5 Å². The molecular weight excluding hydrogens is 952 g/mol. The van der Waals surface area contributed by atoms with Crippen molar-refractivity contribution in [2.24, 2.45) is 0 Å². The average molecular weight is 1020 g/mol. The molecule has 13 nitrogen and oxygen atoms in total. The van der Waals surface area contributed by atoms with Gasteiger partial charge in [-0.05, 0) is 85.3 Å². The van der Waals surface area contributed by atoms with Crippen LogP contribution in [0.1, 0.15) is 44.7 Å². The molecular formula is C45H71IN4O9Si3. The van der Waals surface area contributed by atoms with Crippen LogP contribution in [0.3, 0.4) is 0 Å². The Balaban J connectivity index is 0.000000312. The third kappa shape index (κ3) is 13.4. The number of methoxy groups -OCH3 is 5. The van der Waals surface area contributed by atoms with Crippen molar-refractivity contribution >= 4 is 68.6 Å². The molecule has 62 heavy (non-hydrogen) atoms. The van der Waals surface area contributed by atoms with E-state index in [0.29, 0.717) is 30.7 Å². The third-order valence-corrected chi connectivity index (χ3v) is 19.9. The van der Waals surface area contributed by atoms with Gasteiger partial charge in [-0.2, -0.15) is 10.2 Å². The van der Waals surface area contributed by atoms with Crippen LogP contribution in [0.25, 0.3) is 32.9 Å². The highest BCUT2D eigenvalue weighted by Gasteiger charge is 2.27. The van der Waals surface area contributed by atoms with E-state index in [0.717, 1.165) is 42.2 Å². The summed E-state index contributed by atoms with van der Waals surface area (Å²) in [6.07, 6.45) is -1.06. The monoisotopic (exact) mass is 1020 g/mol. The van der Waals surface area contributed by atoms with E-state index in [2.05, 4.69) is 138 Å². The molecule has 0 aliphatic rings. The number of rotatable bonds is 21. The molecule has 0 fully saturated rings. The molecule has 0 spiro atoms. The fourth-order valence-corrected chi connectivity index (χ4v) is 8.23. The number of halogens is 1. The standard InChI is InChI=1S/C29H46N2O6Si2.C16H25IN2O3Si/c1-20(38(6,7)8)35-18-31-26-16-22(12-14-25(26)28(30-31)29(33-4)34-5)24-15-13-23(17-27(24)32-3)37-19-36-21(2)39(9,10)11;1-11(23(4,5)6)22-10-19-14-9-12(17)7-8-13(14)15(18-19)16(20-2)21-3/h12-17,20-21,29H,18-19H2,1-11H3;7-9,11,16H,10H2,1-6H3. The maximum Gasteiger partial charge on any atom is 0.203 e. The first-order chi connectivity index (χ1) is 29.1. The molecule has 3 unspecified atom stereocenters. The van der Waals surface area contributed by atoms with Crippen LogP contribution < -0.4 is 9.47 Å². The van der Waals surface area contributed by atoms with Crippen LogP contribution in [0.4, 0.5) is 0 Å². The molecule has 2 aromatic heterocycles. The van der Waals surface area contributed by atoms with E-state index in [1.807, 2.05) is 33.6 Å². The number of aromatic nitrogens is 4. The molecule has 3 aromatic carbocycles. The van der Waals surface area contributed by atoms with Gasteiger partial charge in [0, 0.05) is 71.6 Å². The fraction of sp³-hybridized carbons (Fsp3) is 0.556. The van der Waals surface area contributed by atoms with Gasteiger partial charge < -0.3 is 42.6 Å². The highest BCUT2D eigenvalue weighted by Crippen LogP contribution is 2.37. The van der Waals surface area contributed by atoms with E-state index >= 15 is 0 Å². The van der Waals surface area contributed by atoms with E-state index in [9.17, 15) is 0 Å². The van der Waals surface area contributed by atoms with Crippen molar-refractivity contribution in [1.82, 2.24) is 19.6 Å². The molecule has 0 saturated carbocycles. The summed E-state index contributed by atoms with van der Waals surface area (Å²) in [5.74, 6) is 1.41. The summed E-state index contributed by atoms with van der Waals surface area (Å²) in [5.41, 5.74) is 6.04. The molecule has 17 heteroatoms. The summed E-state index contributed by atoms with van der Waals surface area (Å²) in [6.45, 7) is 28.0. The summed E-state index contributed by atoms with van der Waals surface area (Å²) in [6, 6.07) is 18.3. The smallest absolute Gasteiger partial charge is 0.203 e. The predicted octanol–water partition coefficient (Wildman–Crippen LogP) is 11.0. The molecule has 0 bridgehead atoms. The lowest BCUT2D eigenvalue weighted by atomic mass is 10.0. The molecule has 2 heterocycles. The first-order valence-corrected chi connectivity index (χ1v) is 32.8. The fourth-order valence-electron chi connectivity index (χ4n) is 6.04. The number of ether oxygens (including phenoxy) is 9. The Morgan fingerprint density at radius 1 is 0.565 bits per heavy atom. The van der Waals surface area contributed by atoms with E-state index < -0.39 is 36.8 Å². The summed E-state index contributed by atoms with van der Waals surface area (Å²) in [7, 11) is 3.95. The first kappa shape index (κ1) is 51.9. The second-order valence-electron chi connectivity index (χ2n) is 18.7. The lowest BCUT2D eigenvalue weighted by Crippen LogP contribution is -2.38. The summed E-state index contributed by atoms with van der Waals surface area (Å²) < 4.78 is 56.7. The molecule has 0 aliphatic heterocycles. The van der Waals surface area contributed by atoms with Crippen LogP contribution in [0.5, 0.6) is 11.5 Å². The topological polar surface area (TPSA) is 119 Å². The van der Waals surface area contributed by atoms with Gasteiger partial charge in [0.15, 0.2) is 6.79 Å². The van der Waals surface area contributed by atoms with Gasteiger partial charge in [0.25, 0.3) is 0 Å². The zero-order valence-electron chi connectivity index (χ0n) is 40.0. The van der Waals surface area contributed by atoms with Crippen LogP contribution in [0.15, 0.2) is 54.6 Å². The van der Waals surface area contributed by atoms with Gasteiger partial charge in [0.1, 0.15) is 36.3 Å². The number of fused-ring (bicyclic) bond motifs is 2. The van der Waals surface area contributed by atoms with Crippen LogP contribution in [0, 0.1) is 3.57 Å². The molecule has 0 N–H and O–H groups in total. The third-order valence-electron chi connectivity index (χ3n) is 11.4.